The highest BCUT2D eigenvalue weighted by molar-refractivity contribution is 14.0. The molecule has 0 amide bonds. The Morgan fingerprint density at radius 3 is 2.47 bits per heavy atom. The molecule has 1 unspecified atom stereocenters. The Kier molecular flexibility index (Phi) is 12.1. The topological polar surface area (TPSA) is 46.1 Å². The van der Waals surface area contributed by atoms with Gasteiger partial charge in [0.15, 0.2) is 5.96 Å². The lowest BCUT2D eigenvalue weighted by Gasteiger charge is -2.35. The van der Waals surface area contributed by atoms with Gasteiger partial charge in [0.05, 0.1) is 18.8 Å². The number of halogens is 1. The van der Waals surface area contributed by atoms with E-state index in [-0.39, 0.29) is 24.0 Å². The van der Waals surface area contributed by atoms with Crippen molar-refractivity contribution in [3.63, 3.8) is 0 Å². The normalized spacial score (nSPS) is 20.7. The molecule has 170 valence electrons. The molecule has 0 radical (unpaired) electrons. The summed E-state index contributed by atoms with van der Waals surface area (Å²) >= 11 is 0. The Morgan fingerprint density at radius 1 is 1.10 bits per heavy atom. The van der Waals surface area contributed by atoms with Crippen molar-refractivity contribution < 1.29 is 9.47 Å². The number of nitrogens with one attached hydrogen (secondary N) is 1. The fourth-order valence-corrected chi connectivity index (χ4v) is 4.07. The van der Waals surface area contributed by atoms with Crippen LogP contribution in [0.15, 0.2) is 29.3 Å². The first-order valence-corrected chi connectivity index (χ1v) is 11.6. The number of hydrogen-bond acceptors (Lipinski definition) is 3. The molecular weight excluding hydrogens is 489 g/mol. The van der Waals surface area contributed by atoms with E-state index in [9.17, 15) is 0 Å². The number of benzene rings is 1. The van der Waals surface area contributed by atoms with Crippen LogP contribution in [0, 0.1) is 0 Å². The summed E-state index contributed by atoms with van der Waals surface area (Å²) in [6.07, 6.45) is 8.51. The maximum atomic E-state index is 6.16. The van der Waals surface area contributed by atoms with E-state index in [1.807, 2.05) is 0 Å². The van der Waals surface area contributed by atoms with Crippen LogP contribution in [-0.2, 0) is 22.3 Å². The molecule has 0 aromatic heterocycles. The van der Waals surface area contributed by atoms with Gasteiger partial charge in [-0.2, -0.15) is 0 Å². The molecule has 2 saturated heterocycles. The average Bonchev–Trinajstić information content (AvgIpc) is 2.79. The first kappa shape index (κ1) is 25.4. The lowest BCUT2D eigenvalue weighted by Crippen LogP contribution is -2.47. The van der Waals surface area contributed by atoms with E-state index in [0.717, 1.165) is 77.5 Å². The van der Waals surface area contributed by atoms with Crippen molar-refractivity contribution in [1.82, 2.24) is 10.2 Å². The highest BCUT2D eigenvalue weighted by Crippen LogP contribution is 2.18. The molecule has 0 spiro atoms. The average molecular weight is 530 g/mol. The van der Waals surface area contributed by atoms with Gasteiger partial charge in [0.25, 0.3) is 0 Å². The van der Waals surface area contributed by atoms with Gasteiger partial charge in [0, 0.05) is 32.8 Å². The first-order valence-electron chi connectivity index (χ1n) is 11.6. The molecule has 2 fully saturated rings. The van der Waals surface area contributed by atoms with E-state index in [1.165, 1.54) is 24.0 Å². The maximum absolute atomic E-state index is 6.16. The molecule has 2 heterocycles. The number of guanidine groups is 1. The van der Waals surface area contributed by atoms with Crippen LogP contribution in [0.3, 0.4) is 0 Å². The molecule has 30 heavy (non-hydrogen) atoms. The zero-order valence-corrected chi connectivity index (χ0v) is 21.1. The van der Waals surface area contributed by atoms with Crippen LogP contribution in [0.25, 0.3) is 0 Å². The summed E-state index contributed by atoms with van der Waals surface area (Å²) < 4.78 is 11.9. The number of nitrogens with zero attached hydrogens (tertiary/aromatic N) is 2. The quantitative estimate of drug-likeness (QED) is 0.308. The first-order chi connectivity index (χ1) is 14.3. The van der Waals surface area contributed by atoms with Gasteiger partial charge < -0.3 is 19.7 Å². The van der Waals surface area contributed by atoms with E-state index >= 15 is 0 Å². The Labute approximate surface area is 200 Å². The molecule has 6 heteroatoms. The lowest BCUT2D eigenvalue weighted by molar-refractivity contribution is -0.0721. The van der Waals surface area contributed by atoms with Gasteiger partial charge in [-0.1, -0.05) is 31.2 Å². The molecular formula is C24H40IN3O2. The maximum Gasteiger partial charge on any atom is 0.193 e. The van der Waals surface area contributed by atoms with Crippen molar-refractivity contribution in [2.24, 2.45) is 4.99 Å². The Hall–Kier alpha value is -0.860. The fraction of sp³-hybridized carbons (Fsp3) is 0.708. The fourth-order valence-electron chi connectivity index (χ4n) is 4.07. The van der Waals surface area contributed by atoms with Gasteiger partial charge >= 0.3 is 0 Å². The largest absolute Gasteiger partial charge is 0.376 e. The zero-order chi connectivity index (χ0) is 20.3. The molecule has 1 N–H and O–H groups in total. The van der Waals surface area contributed by atoms with Crippen LogP contribution < -0.4 is 5.32 Å². The van der Waals surface area contributed by atoms with Crippen molar-refractivity contribution in [2.75, 3.05) is 39.4 Å². The number of hydrogen-bond donors (Lipinski definition) is 1. The SMILES string of the molecule is CCNC(=NCCc1ccc(CC)cc1)N1CCC(OCC2CCCCO2)CC1.I. The summed E-state index contributed by atoms with van der Waals surface area (Å²) in [4.78, 5) is 7.28. The van der Waals surface area contributed by atoms with Crippen LogP contribution in [0.4, 0.5) is 0 Å². The number of piperidine rings is 1. The molecule has 1 atom stereocenters. The highest BCUT2D eigenvalue weighted by atomic mass is 127. The molecule has 2 aliphatic heterocycles. The number of rotatable bonds is 8. The summed E-state index contributed by atoms with van der Waals surface area (Å²) in [6, 6.07) is 8.93. The molecule has 5 nitrogen and oxygen atoms in total. The number of likely N-dealkylation sites (tertiary alicyclic amines) is 1. The van der Waals surface area contributed by atoms with Crippen molar-refractivity contribution >= 4 is 29.9 Å². The Morgan fingerprint density at radius 2 is 1.83 bits per heavy atom. The van der Waals surface area contributed by atoms with Gasteiger partial charge in [-0.25, -0.2) is 0 Å². The van der Waals surface area contributed by atoms with Gasteiger partial charge in [-0.15, -0.1) is 24.0 Å². The van der Waals surface area contributed by atoms with E-state index < -0.39 is 0 Å². The summed E-state index contributed by atoms with van der Waals surface area (Å²) in [7, 11) is 0. The van der Waals surface area contributed by atoms with E-state index in [2.05, 4.69) is 48.3 Å². The van der Waals surface area contributed by atoms with Crippen LogP contribution in [0.5, 0.6) is 0 Å². The minimum Gasteiger partial charge on any atom is -0.376 e. The van der Waals surface area contributed by atoms with Gasteiger partial charge in [0.2, 0.25) is 0 Å². The predicted molar refractivity (Wildman–Crippen MR) is 135 cm³/mol. The predicted octanol–water partition coefficient (Wildman–Crippen LogP) is 4.43. The minimum absolute atomic E-state index is 0. The molecule has 0 saturated carbocycles. The summed E-state index contributed by atoms with van der Waals surface area (Å²) in [5.74, 6) is 1.05. The standard InChI is InChI=1S/C24H39N3O2.HI/c1-3-20-8-10-21(11-9-20)12-15-26-24(25-4-2)27-16-13-22(14-17-27)29-19-23-7-5-6-18-28-23;/h8-11,22-23H,3-7,12-19H2,1-2H3,(H,25,26);1H. The van der Waals surface area contributed by atoms with E-state index in [4.69, 9.17) is 14.5 Å². The molecule has 0 aliphatic carbocycles. The lowest BCUT2D eigenvalue weighted by atomic mass is 10.1. The van der Waals surface area contributed by atoms with Crippen molar-refractivity contribution in [3.8, 4) is 0 Å². The molecule has 1 aromatic carbocycles. The second kappa shape index (κ2) is 14.2. The third kappa shape index (κ3) is 8.35. The van der Waals surface area contributed by atoms with Crippen LogP contribution in [0.1, 0.15) is 57.1 Å². The third-order valence-electron chi connectivity index (χ3n) is 5.96. The number of aryl methyl sites for hydroxylation is 1. The highest BCUT2D eigenvalue weighted by Gasteiger charge is 2.23. The number of aliphatic imine (C=N–C) groups is 1. The summed E-state index contributed by atoms with van der Waals surface area (Å²) in [5, 5.41) is 3.47. The van der Waals surface area contributed by atoms with Crippen LogP contribution in [-0.4, -0.2) is 62.5 Å². The van der Waals surface area contributed by atoms with Gasteiger partial charge in [-0.05, 0) is 63.0 Å². The summed E-state index contributed by atoms with van der Waals surface area (Å²) in [6.45, 7) is 9.73. The molecule has 0 bridgehead atoms. The Bertz CT molecular complexity index is 609. The zero-order valence-electron chi connectivity index (χ0n) is 18.8. The van der Waals surface area contributed by atoms with E-state index in [0.29, 0.717) is 12.2 Å². The third-order valence-corrected chi connectivity index (χ3v) is 5.96. The van der Waals surface area contributed by atoms with Crippen molar-refractivity contribution in [3.05, 3.63) is 35.4 Å². The van der Waals surface area contributed by atoms with E-state index in [1.54, 1.807) is 0 Å². The minimum atomic E-state index is 0. The van der Waals surface area contributed by atoms with Crippen LogP contribution in [0.2, 0.25) is 0 Å². The molecule has 1 aromatic rings. The molecule has 2 aliphatic rings. The number of ether oxygens (including phenoxy) is 2. The van der Waals surface area contributed by atoms with Gasteiger partial charge in [0.1, 0.15) is 0 Å². The van der Waals surface area contributed by atoms with Crippen molar-refractivity contribution in [2.45, 2.75) is 71.0 Å². The van der Waals surface area contributed by atoms with Crippen LogP contribution >= 0.6 is 24.0 Å². The Balaban J connectivity index is 0.00000320. The second-order valence-corrected chi connectivity index (χ2v) is 8.16. The second-order valence-electron chi connectivity index (χ2n) is 8.16. The van der Waals surface area contributed by atoms with Gasteiger partial charge in [-0.3, -0.25) is 4.99 Å². The smallest absolute Gasteiger partial charge is 0.193 e. The van der Waals surface area contributed by atoms with Crippen molar-refractivity contribution in [1.29, 1.82) is 0 Å². The summed E-state index contributed by atoms with van der Waals surface area (Å²) in [5.41, 5.74) is 2.75. The monoisotopic (exact) mass is 529 g/mol. The molecule has 3 rings (SSSR count).